The van der Waals surface area contributed by atoms with E-state index in [1.807, 2.05) is 19.1 Å². The summed E-state index contributed by atoms with van der Waals surface area (Å²) in [5.74, 6) is -0.646. The van der Waals surface area contributed by atoms with Gasteiger partial charge < -0.3 is 4.74 Å². The lowest BCUT2D eigenvalue weighted by molar-refractivity contribution is 0.290. The molecule has 0 saturated carbocycles. The van der Waals surface area contributed by atoms with Crippen LogP contribution in [0.4, 0.5) is 8.78 Å². The van der Waals surface area contributed by atoms with Gasteiger partial charge in [0.1, 0.15) is 24.0 Å². The zero-order valence-corrected chi connectivity index (χ0v) is 13.2. The highest BCUT2D eigenvalue weighted by Gasteiger charge is 2.13. The van der Waals surface area contributed by atoms with Crippen molar-refractivity contribution >= 4 is 31.9 Å². The van der Waals surface area contributed by atoms with E-state index in [1.165, 1.54) is 12.1 Å². The predicted octanol–water partition coefficient (Wildman–Crippen LogP) is 5.38. The van der Waals surface area contributed by atoms with Crippen molar-refractivity contribution in [2.24, 2.45) is 0 Å². The molecule has 0 aliphatic carbocycles. The van der Waals surface area contributed by atoms with Gasteiger partial charge in [-0.1, -0.05) is 15.9 Å². The number of aryl methyl sites for hydroxylation is 1. The van der Waals surface area contributed by atoms with Gasteiger partial charge in [0.2, 0.25) is 0 Å². The Bertz CT molecular complexity index is 615. The molecule has 0 atom stereocenters. The maximum absolute atomic E-state index is 13.8. The van der Waals surface area contributed by atoms with E-state index in [2.05, 4.69) is 31.9 Å². The van der Waals surface area contributed by atoms with E-state index in [-0.39, 0.29) is 16.6 Å². The Morgan fingerprint density at radius 2 is 1.84 bits per heavy atom. The van der Waals surface area contributed by atoms with Gasteiger partial charge in [-0.3, -0.25) is 0 Å². The van der Waals surface area contributed by atoms with Crippen LogP contribution < -0.4 is 4.74 Å². The number of rotatable bonds is 3. The van der Waals surface area contributed by atoms with E-state index in [0.717, 1.165) is 10.0 Å². The van der Waals surface area contributed by atoms with E-state index in [0.29, 0.717) is 5.75 Å². The SMILES string of the molecule is Cc1cc(Br)ccc1OCc1c(F)ccc(Br)c1F. The van der Waals surface area contributed by atoms with Crippen LogP contribution in [-0.2, 0) is 6.61 Å². The molecular formula is C14H10Br2F2O. The van der Waals surface area contributed by atoms with Crippen molar-refractivity contribution in [3.63, 3.8) is 0 Å². The Morgan fingerprint density at radius 1 is 1.11 bits per heavy atom. The molecule has 19 heavy (non-hydrogen) atoms. The second-order valence-electron chi connectivity index (χ2n) is 4.02. The van der Waals surface area contributed by atoms with Crippen molar-refractivity contribution in [1.82, 2.24) is 0 Å². The molecule has 2 rings (SSSR count). The van der Waals surface area contributed by atoms with Gasteiger partial charge in [-0.15, -0.1) is 0 Å². The van der Waals surface area contributed by atoms with Gasteiger partial charge in [-0.05, 0) is 58.7 Å². The fourth-order valence-corrected chi connectivity index (χ4v) is 2.47. The Balaban J connectivity index is 2.21. The third-order valence-corrected chi connectivity index (χ3v) is 3.75. The molecule has 0 amide bonds. The van der Waals surface area contributed by atoms with Crippen molar-refractivity contribution in [3.8, 4) is 5.75 Å². The van der Waals surface area contributed by atoms with Gasteiger partial charge in [0.05, 0.1) is 10.0 Å². The van der Waals surface area contributed by atoms with E-state index in [4.69, 9.17) is 4.74 Å². The van der Waals surface area contributed by atoms with E-state index < -0.39 is 11.6 Å². The van der Waals surface area contributed by atoms with Gasteiger partial charge in [-0.25, -0.2) is 8.78 Å². The second-order valence-corrected chi connectivity index (χ2v) is 5.79. The van der Waals surface area contributed by atoms with E-state index in [1.54, 1.807) is 6.07 Å². The number of hydrogen-bond donors (Lipinski definition) is 0. The average molecular weight is 392 g/mol. The lowest BCUT2D eigenvalue weighted by atomic mass is 10.2. The topological polar surface area (TPSA) is 9.23 Å². The molecule has 0 N–H and O–H groups in total. The molecule has 0 unspecified atom stereocenters. The van der Waals surface area contributed by atoms with Crippen LogP contribution in [-0.4, -0.2) is 0 Å². The highest BCUT2D eigenvalue weighted by Crippen LogP contribution is 2.26. The summed E-state index contributed by atoms with van der Waals surface area (Å²) in [6, 6.07) is 7.99. The fraction of sp³-hybridized carbons (Fsp3) is 0.143. The first-order valence-electron chi connectivity index (χ1n) is 5.50. The predicted molar refractivity (Wildman–Crippen MR) is 77.3 cm³/mol. The minimum atomic E-state index is -0.630. The summed E-state index contributed by atoms with van der Waals surface area (Å²) in [6.45, 7) is 1.72. The molecule has 0 fully saturated rings. The van der Waals surface area contributed by atoms with E-state index >= 15 is 0 Å². The summed E-state index contributed by atoms with van der Waals surface area (Å²) >= 11 is 6.37. The summed E-state index contributed by atoms with van der Waals surface area (Å²) in [7, 11) is 0. The van der Waals surface area contributed by atoms with Gasteiger partial charge in [0.15, 0.2) is 0 Å². The molecule has 0 spiro atoms. The van der Waals surface area contributed by atoms with Crippen LogP contribution >= 0.6 is 31.9 Å². The lowest BCUT2D eigenvalue weighted by Gasteiger charge is -2.11. The smallest absolute Gasteiger partial charge is 0.146 e. The van der Waals surface area contributed by atoms with Crippen LogP contribution in [0, 0.1) is 18.6 Å². The van der Waals surface area contributed by atoms with Crippen molar-refractivity contribution in [2.45, 2.75) is 13.5 Å². The van der Waals surface area contributed by atoms with Gasteiger partial charge in [0.25, 0.3) is 0 Å². The highest BCUT2D eigenvalue weighted by atomic mass is 79.9. The molecule has 0 saturated heterocycles. The monoisotopic (exact) mass is 390 g/mol. The molecule has 5 heteroatoms. The minimum Gasteiger partial charge on any atom is -0.488 e. The van der Waals surface area contributed by atoms with E-state index in [9.17, 15) is 8.78 Å². The quantitative estimate of drug-likeness (QED) is 0.638. The Morgan fingerprint density at radius 3 is 2.53 bits per heavy atom. The molecular weight excluding hydrogens is 382 g/mol. The molecule has 0 aromatic heterocycles. The van der Waals surface area contributed by atoms with Crippen molar-refractivity contribution in [1.29, 1.82) is 0 Å². The Labute approximate surface area is 126 Å². The fourth-order valence-electron chi connectivity index (χ4n) is 1.63. The summed E-state index contributed by atoms with van der Waals surface area (Å²) < 4.78 is 33.9. The zero-order chi connectivity index (χ0) is 14.0. The first-order valence-corrected chi connectivity index (χ1v) is 7.09. The largest absolute Gasteiger partial charge is 0.488 e. The second kappa shape index (κ2) is 6.01. The van der Waals surface area contributed by atoms with Crippen LogP contribution in [0.25, 0.3) is 0 Å². The molecule has 0 bridgehead atoms. The molecule has 0 radical (unpaired) electrons. The first-order chi connectivity index (χ1) is 8.99. The number of hydrogen-bond acceptors (Lipinski definition) is 1. The van der Waals surface area contributed by atoms with Crippen LogP contribution in [0.2, 0.25) is 0 Å². The summed E-state index contributed by atoms with van der Waals surface area (Å²) in [4.78, 5) is 0. The maximum Gasteiger partial charge on any atom is 0.146 e. The Kier molecular flexibility index (Phi) is 4.58. The standard InChI is InChI=1S/C14H10Br2F2O/c1-8-6-9(15)2-5-13(8)19-7-10-12(17)4-3-11(16)14(10)18/h2-6H,7H2,1H3. The summed E-state index contributed by atoms with van der Waals surface area (Å²) in [6.07, 6.45) is 0. The third kappa shape index (κ3) is 3.34. The molecule has 1 nitrogen and oxygen atoms in total. The zero-order valence-electron chi connectivity index (χ0n) is 10.0. The minimum absolute atomic E-state index is 0.0864. The van der Waals surface area contributed by atoms with Gasteiger partial charge in [0, 0.05) is 4.47 Å². The molecule has 0 aliphatic heterocycles. The van der Waals surface area contributed by atoms with Crippen LogP contribution in [0.5, 0.6) is 5.75 Å². The van der Waals surface area contributed by atoms with Crippen molar-refractivity contribution in [3.05, 3.63) is 62.0 Å². The molecule has 0 heterocycles. The summed E-state index contributed by atoms with van der Waals surface area (Å²) in [5.41, 5.74) is 0.807. The number of benzene rings is 2. The maximum atomic E-state index is 13.8. The molecule has 2 aromatic carbocycles. The normalized spacial score (nSPS) is 10.6. The lowest BCUT2D eigenvalue weighted by Crippen LogP contribution is -2.03. The highest BCUT2D eigenvalue weighted by molar-refractivity contribution is 9.10. The average Bonchev–Trinajstić information content (AvgIpc) is 2.36. The molecule has 100 valence electrons. The van der Waals surface area contributed by atoms with Gasteiger partial charge >= 0.3 is 0 Å². The van der Waals surface area contributed by atoms with Crippen molar-refractivity contribution < 1.29 is 13.5 Å². The van der Waals surface area contributed by atoms with Crippen LogP contribution in [0.15, 0.2) is 39.3 Å². The number of halogens is 4. The number of ether oxygens (including phenoxy) is 1. The summed E-state index contributed by atoms with van der Waals surface area (Å²) in [5, 5.41) is 0. The molecule has 0 aliphatic rings. The van der Waals surface area contributed by atoms with Crippen LogP contribution in [0.3, 0.4) is 0 Å². The molecule has 2 aromatic rings. The van der Waals surface area contributed by atoms with Gasteiger partial charge in [-0.2, -0.15) is 0 Å². The Hall–Kier alpha value is -0.940. The van der Waals surface area contributed by atoms with Crippen LogP contribution in [0.1, 0.15) is 11.1 Å². The van der Waals surface area contributed by atoms with Crippen molar-refractivity contribution in [2.75, 3.05) is 0 Å². The third-order valence-electron chi connectivity index (χ3n) is 2.65. The first kappa shape index (κ1) is 14.5.